The predicted molar refractivity (Wildman–Crippen MR) is 47.6 cm³/mol. The van der Waals surface area contributed by atoms with Crippen LogP contribution in [0.3, 0.4) is 0 Å². The van der Waals surface area contributed by atoms with Crippen LogP contribution in [-0.4, -0.2) is 27.5 Å². The molecule has 2 rings (SSSR count). The van der Waals surface area contributed by atoms with Crippen molar-refractivity contribution in [2.75, 3.05) is 6.61 Å². The van der Waals surface area contributed by atoms with E-state index >= 15 is 0 Å². The molecule has 0 spiro atoms. The van der Waals surface area contributed by atoms with Crippen molar-refractivity contribution in [2.24, 2.45) is 13.0 Å². The SMILES string of the molecule is Cn1nccc1[C@@H]1OCC[C@H]1C(=O)O. The Morgan fingerprint density at radius 3 is 3.14 bits per heavy atom. The molecule has 0 saturated carbocycles. The minimum Gasteiger partial charge on any atom is -0.481 e. The molecule has 0 aromatic carbocycles. The topological polar surface area (TPSA) is 64.4 Å². The van der Waals surface area contributed by atoms with Crippen LogP contribution in [0.1, 0.15) is 18.2 Å². The highest BCUT2D eigenvalue weighted by Crippen LogP contribution is 2.34. The first-order valence-electron chi connectivity index (χ1n) is 4.52. The van der Waals surface area contributed by atoms with Gasteiger partial charge < -0.3 is 9.84 Å². The summed E-state index contributed by atoms with van der Waals surface area (Å²) in [6.07, 6.45) is 1.88. The van der Waals surface area contributed by atoms with E-state index in [9.17, 15) is 4.79 Å². The van der Waals surface area contributed by atoms with Crippen LogP contribution in [0.25, 0.3) is 0 Å². The highest BCUT2D eigenvalue weighted by atomic mass is 16.5. The summed E-state index contributed by atoms with van der Waals surface area (Å²) in [7, 11) is 1.79. The van der Waals surface area contributed by atoms with Crippen LogP contribution in [0.4, 0.5) is 0 Å². The van der Waals surface area contributed by atoms with Crippen molar-refractivity contribution in [2.45, 2.75) is 12.5 Å². The van der Waals surface area contributed by atoms with Crippen LogP contribution < -0.4 is 0 Å². The first kappa shape index (κ1) is 9.21. The Balaban J connectivity index is 2.26. The van der Waals surface area contributed by atoms with Crippen LogP contribution in [0, 0.1) is 5.92 Å². The average molecular weight is 196 g/mol. The van der Waals surface area contributed by atoms with Crippen molar-refractivity contribution in [1.82, 2.24) is 9.78 Å². The standard InChI is InChI=1S/C9H12N2O3/c1-11-7(2-4-10-11)8-6(9(12)13)3-5-14-8/h2,4,6,8H,3,5H2,1H3,(H,12,13)/t6-,8-/m1/s1. The maximum absolute atomic E-state index is 10.9. The van der Waals surface area contributed by atoms with Crippen molar-refractivity contribution >= 4 is 5.97 Å². The molecular weight excluding hydrogens is 184 g/mol. The molecule has 0 amide bonds. The van der Waals surface area contributed by atoms with E-state index in [1.165, 1.54) is 0 Å². The zero-order valence-corrected chi connectivity index (χ0v) is 7.88. The summed E-state index contributed by atoms with van der Waals surface area (Å²) in [4.78, 5) is 10.9. The number of rotatable bonds is 2. The molecule has 1 aliphatic rings. The summed E-state index contributed by atoms with van der Waals surface area (Å²) >= 11 is 0. The number of nitrogens with zero attached hydrogens (tertiary/aromatic N) is 2. The van der Waals surface area contributed by atoms with Crippen molar-refractivity contribution < 1.29 is 14.6 Å². The Morgan fingerprint density at radius 1 is 1.79 bits per heavy atom. The number of carbonyl (C=O) groups is 1. The Bertz CT molecular complexity index is 348. The largest absolute Gasteiger partial charge is 0.481 e. The summed E-state index contributed by atoms with van der Waals surface area (Å²) in [6.45, 7) is 0.507. The molecule has 1 N–H and O–H groups in total. The molecular formula is C9H12N2O3. The van der Waals surface area contributed by atoms with E-state index in [-0.39, 0.29) is 6.10 Å². The fourth-order valence-electron chi connectivity index (χ4n) is 1.80. The summed E-state index contributed by atoms with van der Waals surface area (Å²) in [5.41, 5.74) is 0.829. The van der Waals surface area contributed by atoms with Gasteiger partial charge in [-0.1, -0.05) is 0 Å². The highest BCUT2D eigenvalue weighted by Gasteiger charge is 2.36. The highest BCUT2D eigenvalue weighted by molar-refractivity contribution is 5.71. The molecule has 5 heteroatoms. The van der Waals surface area contributed by atoms with Gasteiger partial charge in [0.05, 0.1) is 11.6 Å². The van der Waals surface area contributed by atoms with Gasteiger partial charge in [-0.3, -0.25) is 9.48 Å². The molecule has 2 heterocycles. The van der Waals surface area contributed by atoms with Crippen LogP contribution in [0.15, 0.2) is 12.3 Å². The Labute approximate surface area is 81.3 Å². The third-order valence-electron chi connectivity index (χ3n) is 2.56. The molecule has 76 valence electrons. The lowest BCUT2D eigenvalue weighted by Gasteiger charge is -2.14. The quantitative estimate of drug-likeness (QED) is 0.751. The van der Waals surface area contributed by atoms with Gasteiger partial charge in [0.1, 0.15) is 6.10 Å². The number of aliphatic carboxylic acids is 1. The van der Waals surface area contributed by atoms with E-state index in [0.29, 0.717) is 13.0 Å². The van der Waals surface area contributed by atoms with Crippen molar-refractivity contribution in [3.05, 3.63) is 18.0 Å². The molecule has 1 aliphatic heterocycles. The molecule has 1 aromatic heterocycles. The molecule has 5 nitrogen and oxygen atoms in total. The number of hydrogen-bond donors (Lipinski definition) is 1. The molecule has 1 saturated heterocycles. The Kier molecular flexibility index (Phi) is 2.25. The van der Waals surface area contributed by atoms with Gasteiger partial charge in [0, 0.05) is 19.9 Å². The fourth-order valence-corrected chi connectivity index (χ4v) is 1.80. The average Bonchev–Trinajstić information content (AvgIpc) is 2.70. The van der Waals surface area contributed by atoms with Crippen LogP contribution >= 0.6 is 0 Å². The van der Waals surface area contributed by atoms with E-state index in [1.807, 2.05) is 0 Å². The zero-order chi connectivity index (χ0) is 10.1. The monoisotopic (exact) mass is 196 g/mol. The molecule has 2 atom stereocenters. The third-order valence-corrected chi connectivity index (χ3v) is 2.56. The first-order chi connectivity index (χ1) is 6.70. The van der Waals surface area contributed by atoms with Gasteiger partial charge >= 0.3 is 5.97 Å². The first-order valence-corrected chi connectivity index (χ1v) is 4.52. The van der Waals surface area contributed by atoms with E-state index in [4.69, 9.17) is 9.84 Å². The van der Waals surface area contributed by atoms with Gasteiger partial charge in [-0.15, -0.1) is 0 Å². The Hall–Kier alpha value is -1.36. The lowest BCUT2D eigenvalue weighted by atomic mass is 9.99. The van der Waals surface area contributed by atoms with E-state index in [2.05, 4.69) is 5.10 Å². The lowest BCUT2D eigenvalue weighted by molar-refractivity contribution is -0.143. The maximum atomic E-state index is 10.9. The number of ether oxygens (including phenoxy) is 1. The second-order valence-corrected chi connectivity index (χ2v) is 3.40. The maximum Gasteiger partial charge on any atom is 0.309 e. The summed E-state index contributed by atoms with van der Waals surface area (Å²) in [5, 5.41) is 13.0. The van der Waals surface area contributed by atoms with Gasteiger partial charge in [-0.05, 0) is 12.5 Å². The molecule has 0 bridgehead atoms. The van der Waals surface area contributed by atoms with Gasteiger partial charge in [-0.2, -0.15) is 5.10 Å². The second-order valence-electron chi connectivity index (χ2n) is 3.40. The normalized spacial score (nSPS) is 26.6. The van der Waals surface area contributed by atoms with Crippen LogP contribution in [0.5, 0.6) is 0 Å². The lowest BCUT2D eigenvalue weighted by Crippen LogP contribution is -2.19. The number of carboxylic acid groups (broad SMARTS) is 1. The number of carboxylic acids is 1. The third kappa shape index (κ3) is 1.39. The fraction of sp³-hybridized carbons (Fsp3) is 0.556. The number of aromatic nitrogens is 2. The van der Waals surface area contributed by atoms with Crippen LogP contribution in [0.2, 0.25) is 0 Å². The smallest absolute Gasteiger partial charge is 0.309 e. The van der Waals surface area contributed by atoms with E-state index in [1.54, 1.807) is 24.0 Å². The summed E-state index contributed by atoms with van der Waals surface area (Å²) in [5.74, 6) is -1.24. The minimum atomic E-state index is -0.797. The second kappa shape index (κ2) is 3.42. The molecule has 0 radical (unpaired) electrons. The molecule has 0 aliphatic carbocycles. The number of hydrogen-bond acceptors (Lipinski definition) is 3. The van der Waals surface area contributed by atoms with Crippen LogP contribution in [-0.2, 0) is 16.6 Å². The van der Waals surface area contributed by atoms with E-state index in [0.717, 1.165) is 5.69 Å². The number of aryl methyl sites for hydroxylation is 1. The molecule has 1 fully saturated rings. The summed E-state index contributed by atoms with van der Waals surface area (Å²) in [6, 6.07) is 1.80. The molecule has 14 heavy (non-hydrogen) atoms. The summed E-state index contributed by atoms with van der Waals surface area (Å²) < 4.78 is 7.07. The predicted octanol–water partition coefficient (Wildman–Crippen LogP) is 0.582. The van der Waals surface area contributed by atoms with Crippen molar-refractivity contribution in [1.29, 1.82) is 0 Å². The Morgan fingerprint density at radius 2 is 2.57 bits per heavy atom. The van der Waals surface area contributed by atoms with Crippen molar-refractivity contribution in [3.63, 3.8) is 0 Å². The van der Waals surface area contributed by atoms with E-state index < -0.39 is 11.9 Å². The molecule has 1 aromatic rings. The van der Waals surface area contributed by atoms with Crippen molar-refractivity contribution in [3.8, 4) is 0 Å². The minimum absolute atomic E-state index is 0.347. The van der Waals surface area contributed by atoms with Gasteiger partial charge in [0.25, 0.3) is 0 Å². The van der Waals surface area contributed by atoms with Gasteiger partial charge in [-0.25, -0.2) is 0 Å². The zero-order valence-electron chi connectivity index (χ0n) is 7.88. The molecule has 0 unspecified atom stereocenters. The van der Waals surface area contributed by atoms with Gasteiger partial charge in [0.2, 0.25) is 0 Å². The van der Waals surface area contributed by atoms with Gasteiger partial charge in [0.15, 0.2) is 0 Å².